The van der Waals surface area contributed by atoms with Gasteiger partial charge in [-0.25, -0.2) is 0 Å². The van der Waals surface area contributed by atoms with Gasteiger partial charge in [0.15, 0.2) is 0 Å². The molecule has 4 amide bonds. The Morgan fingerprint density at radius 1 is 1.00 bits per heavy atom. The summed E-state index contributed by atoms with van der Waals surface area (Å²) in [4.78, 5) is 52.1. The van der Waals surface area contributed by atoms with Crippen molar-refractivity contribution in [3.8, 4) is 0 Å². The predicted octanol–water partition coefficient (Wildman–Crippen LogP) is 2.73. The number of likely N-dealkylation sites (tertiary alicyclic amines) is 2. The van der Waals surface area contributed by atoms with Gasteiger partial charge < -0.3 is 10.2 Å². The van der Waals surface area contributed by atoms with Crippen molar-refractivity contribution in [1.29, 1.82) is 0 Å². The average Bonchev–Trinajstić information content (AvgIpc) is 3.29. The Bertz CT molecular complexity index is 672. The molecule has 0 aromatic rings. The van der Waals surface area contributed by atoms with E-state index in [9.17, 15) is 19.2 Å². The predicted molar refractivity (Wildman–Crippen MR) is 118 cm³/mol. The lowest BCUT2D eigenvalue weighted by Gasteiger charge is -2.30. The second-order valence-electron chi connectivity index (χ2n) is 10.0. The highest BCUT2D eigenvalue weighted by Gasteiger charge is 2.37. The maximum Gasteiger partial charge on any atom is 0.232 e. The van der Waals surface area contributed by atoms with Crippen molar-refractivity contribution in [3.05, 3.63) is 0 Å². The van der Waals surface area contributed by atoms with Crippen LogP contribution >= 0.6 is 0 Å². The van der Waals surface area contributed by atoms with E-state index in [2.05, 4.69) is 12.2 Å². The summed E-state index contributed by atoms with van der Waals surface area (Å²) < 4.78 is 0. The smallest absolute Gasteiger partial charge is 0.232 e. The van der Waals surface area contributed by atoms with Crippen LogP contribution in [-0.2, 0) is 19.2 Å². The number of imide groups is 1. The minimum atomic E-state index is -0.184. The maximum atomic E-state index is 12.5. The highest BCUT2D eigenvalue weighted by Crippen LogP contribution is 2.31. The van der Waals surface area contributed by atoms with Gasteiger partial charge in [-0.05, 0) is 56.8 Å². The van der Waals surface area contributed by atoms with Gasteiger partial charge >= 0.3 is 0 Å². The first-order valence-corrected chi connectivity index (χ1v) is 12.2. The number of nitrogens with one attached hydrogen (secondary N) is 1. The van der Waals surface area contributed by atoms with E-state index in [1.54, 1.807) is 0 Å². The molecule has 0 radical (unpaired) electrons. The van der Waals surface area contributed by atoms with Crippen LogP contribution in [0.2, 0.25) is 0 Å². The van der Waals surface area contributed by atoms with Crippen molar-refractivity contribution < 1.29 is 19.2 Å². The lowest BCUT2D eigenvalue weighted by atomic mass is 9.81. The lowest BCUT2D eigenvalue weighted by molar-refractivity contribution is -0.140. The van der Waals surface area contributed by atoms with Crippen molar-refractivity contribution in [2.24, 2.45) is 23.7 Å². The van der Waals surface area contributed by atoms with Gasteiger partial charge in [-0.15, -0.1) is 0 Å². The van der Waals surface area contributed by atoms with Crippen LogP contribution in [0.5, 0.6) is 0 Å². The topological polar surface area (TPSA) is 86.8 Å². The molecule has 2 heterocycles. The van der Waals surface area contributed by atoms with Crippen LogP contribution in [-0.4, -0.2) is 59.6 Å². The molecule has 31 heavy (non-hydrogen) atoms. The third-order valence-electron chi connectivity index (χ3n) is 7.27. The van der Waals surface area contributed by atoms with E-state index in [1.807, 2.05) is 11.8 Å². The van der Waals surface area contributed by atoms with Crippen molar-refractivity contribution in [1.82, 2.24) is 15.1 Å². The van der Waals surface area contributed by atoms with E-state index in [1.165, 1.54) is 4.90 Å². The molecule has 1 unspecified atom stereocenters. The summed E-state index contributed by atoms with van der Waals surface area (Å²) in [5.41, 5.74) is 0. The van der Waals surface area contributed by atoms with E-state index in [0.29, 0.717) is 37.8 Å². The first-order valence-electron chi connectivity index (χ1n) is 12.2. The Hall–Kier alpha value is -1.92. The fourth-order valence-corrected chi connectivity index (χ4v) is 5.16. The minimum Gasteiger partial charge on any atom is -0.356 e. The molecule has 1 N–H and O–H groups in total. The molecule has 7 heteroatoms. The molecule has 3 aliphatic rings. The van der Waals surface area contributed by atoms with Crippen LogP contribution in [0.4, 0.5) is 0 Å². The second-order valence-corrected chi connectivity index (χ2v) is 10.0. The van der Waals surface area contributed by atoms with Gasteiger partial charge in [0.1, 0.15) is 0 Å². The van der Waals surface area contributed by atoms with Crippen molar-refractivity contribution in [2.45, 2.75) is 78.1 Å². The van der Waals surface area contributed by atoms with Crippen LogP contribution in [0, 0.1) is 23.7 Å². The van der Waals surface area contributed by atoms with Crippen LogP contribution in [0.25, 0.3) is 0 Å². The fourth-order valence-electron chi connectivity index (χ4n) is 5.16. The Balaban J connectivity index is 1.24. The summed E-state index contributed by atoms with van der Waals surface area (Å²) in [6.07, 6.45) is 8.25. The third kappa shape index (κ3) is 6.53. The molecule has 2 aliphatic heterocycles. The third-order valence-corrected chi connectivity index (χ3v) is 7.27. The first kappa shape index (κ1) is 23.7. The number of rotatable bonds is 9. The molecule has 3 rings (SSSR count). The lowest BCUT2D eigenvalue weighted by Crippen LogP contribution is -2.38. The standard InChI is InChI=1S/C24H39N3O4/c1-17-11-13-26(15-17)21(28)6-4-3-5-12-25-23(30)20-9-7-19(8-10-20)16-27-22(29)14-18(2)24(27)31/h17-20H,3-16H2,1-2H3,(H,25,30)/t17-,18?,19?,20?/m0/s1. The monoisotopic (exact) mass is 433 g/mol. The molecule has 0 aromatic heterocycles. The van der Waals surface area contributed by atoms with Crippen molar-refractivity contribution >= 4 is 23.6 Å². The molecule has 2 atom stereocenters. The Morgan fingerprint density at radius 2 is 1.74 bits per heavy atom. The largest absolute Gasteiger partial charge is 0.356 e. The molecule has 1 saturated carbocycles. The quantitative estimate of drug-likeness (QED) is 0.447. The fraction of sp³-hybridized carbons (Fsp3) is 0.833. The number of carbonyl (C=O) groups excluding carboxylic acids is 4. The molecule has 0 aromatic carbocycles. The van der Waals surface area contributed by atoms with Gasteiger partial charge in [0.25, 0.3) is 0 Å². The van der Waals surface area contributed by atoms with Gasteiger partial charge in [-0.1, -0.05) is 20.3 Å². The molecule has 0 bridgehead atoms. The minimum absolute atomic E-state index is 0.0402. The van der Waals surface area contributed by atoms with Crippen molar-refractivity contribution in [3.63, 3.8) is 0 Å². The molecule has 0 spiro atoms. The Labute approximate surface area is 186 Å². The molecular weight excluding hydrogens is 394 g/mol. The number of amides is 4. The first-order chi connectivity index (χ1) is 14.8. The van der Waals surface area contributed by atoms with Crippen molar-refractivity contribution in [2.75, 3.05) is 26.2 Å². The highest BCUT2D eigenvalue weighted by atomic mass is 16.2. The maximum absolute atomic E-state index is 12.5. The molecule has 174 valence electrons. The Kier molecular flexibility index (Phi) is 8.50. The summed E-state index contributed by atoms with van der Waals surface area (Å²) in [6.45, 7) is 7.00. The van der Waals surface area contributed by atoms with E-state index < -0.39 is 0 Å². The van der Waals surface area contributed by atoms with Gasteiger partial charge in [0, 0.05) is 50.9 Å². The van der Waals surface area contributed by atoms with Crippen LogP contribution in [0.3, 0.4) is 0 Å². The average molecular weight is 434 g/mol. The molecule has 2 saturated heterocycles. The van der Waals surface area contributed by atoms with E-state index >= 15 is 0 Å². The van der Waals surface area contributed by atoms with E-state index in [4.69, 9.17) is 0 Å². The van der Waals surface area contributed by atoms with Gasteiger partial charge in [0.05, 0.1) is 0 Å². The summed E-state index contributed by atoms with van der Waals surface area (Å²) in [6, 6.07) is 0. The number of unbranched alkanes of at least 4 members (excludes halogenated alkanes) is 2. The number of hydrogen-bond donors (Lipinski definition) is 1. The summed E-state index contributed by atoms with van der Waals surface area (Å²) in [5.74, 6) is 1.12. The second kappa shape index (κ2) is 11.1. The molecule has 1 aliphatic carbocycles. The van der Waals surface area contributed by atoms with Crippen LogP contribution in [0.1, 0.15) is 78.1 Å². The molecular formula is C24H39N3O4. The molecule has 3 fully saturated rings. The van der Waals surface area contributed by atoms with Gasteiger partial charge in [-0.3, -0.25) is 24.1 Å². The van der Waals surface area contributed by atoms with E-state index in [0.717, 1.165) is 64.5 Å². The number of hydrogen-bond acceptors (Lipinski definition) is 4. The SMILES string of the molecule is CC1CC(=O)N(CC2CCC(C(=O)NCCCCCC(=O)N3CC[C@H](C)C3)CC2)C1=O. The van der Waals surface area contributed by atoms with E-state index in [-0.39, 0.29) is 35.5 Å². The summed E-state index contributed by atoms with van der Waals surface area (Å²) in [5, 5.41) is 3.06. The van der Waals surface area contributed by atoms with Gasteiger partial charge in [0.2, 0.25) is 23.6 Å². The zero-order valence-electron chi connectivity index (χ0n) is 19.2. The number of carbonyl (C=O) groups is 4. The zero-order chi connectivity index (χ0) is 22.4. The highest BCUT2D eigenvalue weighted by molar-refractivity contribution is 6.03. The summed E-state index contributed by atoms with van der Waals surface area (Å²) in [7, 11) is 0. The van der Waals surface area contributed by atoms with Crippen LogP contribution in [0.15, 0.2) is 0 Å². The normalized spacial score (nSPS) is 29.0. The summed E-state index contributed by atoms with van der Waals surface area (Å²) >= 11 is 0. The van der Waals surface area contributed by atoms with Gasteiger partial charge in [-0.2, -0.15) is 0 Å². The van der Waals surface area contributed by atoms with Crippen LogP contribution < -0.4 is 5.32 Å². The Morgan fingerprint density at radius 3 is 2.35 bits per heavy atom. The zero-order valence-corrected chi connectivity index (χ0v) is 19.2. The molecule has 7 nitrogen and oxygen atoms in total. The number of nitrogens with zero attached hydrogens (tertiary/aromatic N) is 2.